The number of carbonyl (C=O) groups excluding carboxylic acids is 1. The predicted molar refractivity (Wildman–Crippen MR) is 83.2 cm³/mol. The van der Waals surface area contributed by atoms with E-state index in [0.717, 1.165) is 4.31 Å². The van der Waals surface area contributed by atoms with Crippen LogP contribution in [0.3, 0.4) is 0 Å². The van der Waals surface area contributed by atoms with Gasteiger partial charge in [-0.15, -0.1) is 0 Å². The Morgan fingerprint density at radius 2 is 1.52 bits per heavy atom. The summed E-state index contributed by atoms with van der Waals surface area (Å²) in [4.78, 5) is 12.1. The highest BCUT2D eigenvalue weighted by Gasteiger charge is 2.27. The van der Waals surface area contributed by atoms with Gasteiger partial charge in [0.15, 0.2) is 0 Å². The van der Waals surface area contributed by atoms with Gasteiger partial charge in [0, 0.05) is 6.42 Å². The SMILES string of the molecule is CCC(=O)N(c1ccccc1)S(=O)(=O)Nc1ccccc1. The molecular formula is C15H16N2O3S. The van der Waals surface area contributed by atoms with Gasteiger partial charge in [-0.2, -0.15) is 12.7 Å². The Morgan fingerprint density at radius 3 is 2.05 bits per heavy atom. The van der Waals surface area contributed by atoms with Crippen molar-refractivity contribution >= 4 is 27.5 Å². The Morgan fingerprint density at radius 1 is 1.00 bits per heavy atom. The maximum absolute atomic E-state index is 12.5. The lowest BCUT2D eigenvalue weighted by atomic mass is 10.3. The van der Waals surface area contributed by atoms with E-state index in [1.165, 1.54) is 0 Å². The summed E-state index contributed by atoms with van der Waals surface area (Å²) in [6, 6.07) is 16.7. The molecule has 0 atom stereocenters. The van der Waals surface area contributed by atoms with Gasteiger partial charge in [0.2, 0.25) is 5.91 Å². The first-order chi connectivity index (χ1) is 10.0. The molecule has 0 heterocycles. The summed E-state index contributed by atoms with van der Waals surface area (Å²) in [7, 11) is -4.01. The fourth-order valence-corrected chi connectivity index (χ4v) is 3.15. The molecule has 110 valence electrons. The summed E-state index contributed by atoms with van der Waals surface area (Å²) in [5.41, 5.74) is 0.718. The minimum absolute atomic E-state index is 0.0879. The summed E-state index contributed by atoms with van der Waals surface area (Å²) in [6.45, 7) is 1.62. The van der Waals surface area contributed by atoms with E-state index in [2.05, 4.69) is 4.72 Å². The van der Waals surface area contributed by atoms with Crippen LogP contribution in [0.1, 0.15) is 13.3 Å². The molecule has 0 aliphatic rings. The maximum atomic E-state index is 12.5. The van der Waals surface area contributed by atoms with Crippen LogP contribution in [0, 0.1) is 0 Å². The molecule has 0 spiro atoms. The third kappa shape index (κ3) is 3.61. The van der Waals surface area contributed by atoms with Crippen LogP contribution >= 0.6 is 0 Å². The molecule has 0 unspecified atom stereocenters. The Kier molecular flexibility index (Phi) is 4.59. The molecule has 0 bridgehead atoms. The van der Waals surface area contributed by atoms with E-state index in [9.17, 15) is 13.2 Å². The average molecular weight is 304 g/mol. The van der Waals surface area contributed by atoms with Gasteiger partial charge in [0.1, 0.15) is 0 Å². The van der Waals surface area contributed by atoms with E-state index in [1.807, 2.05) is 0 Å². The predicted octanol–water partition coefficient (Wildman–Crippen LogP) is 2.79. The number of rotatable bonds is 5. The Balaban J connectivity index is 2.39. The molecule has 5 nitrogen and oxygen atoms in total. The van der Waals surface area contributed by atoms with Gasteiger partial charge in [-0.1, -0.05) is 43.3 Å². The molecule has 0 aliphatic carbocycles. The van der Waals surface area contributed by atoms with Gasteiger partial charge in [0.25, 0.3) is 0 Å². The van der Waals surface area contributed by atoms with Gasteiger partial charge in [-0.3, -0.25) is 9.52 Å². The monoisotopic (exact) mass is 304 g/mol. The first-order valence-corrected chi connectivity index (χ1v) is 7.94. The zero-order chi connectivity index (χ0) is 15.3. The van der Waals surface area contributed by atoms with Gasteiger partial charge in [-0.05, 0) is 24.3 Å². The van der Waals surface area contributed by atoms with Crippen LogP contribution in [0.25, 0.3) is 0 Å². The van der Waals surface area contributed by atoms with Crippen molar-refractivity contribution in [1.29, 1.82) is 0 Å². The molecule has 0 radical (unpaired) electrons. The molecule has 0 fully saturated rings. The third-order valence-corrected chi connectivity index (χ3v) is 4.17. The molecule has 0 saturated carbocycles. The van der Waals surface area contributed by atoms with E-state index in [4.69, 9.17) is 0 Å². The number of hydrogen-bond donors (Lipinski definition) is 1. The fraction of sp³-hybridized carbons (Fsp3) is 0.133. The fourth-order valence-electron chi connectivity index (χ4n) is 1.82. The summed E-state index contributed by atoms with van der Waals surface area (Å²) in [5.74, 6) is -0.496. The second-order valence-electron chi connectivity index (χ2n) is 4.32. The van der Waals surface area contributed by atoms with Crippen LogP contribution in [0.5, 0.6) is 0 Å². The Hall–Kier alpha value is -2.34. The molecular weight excluding hydrogens is 288 g/mol. The molecule has 2 aromatic carbocycles. The molecule has 0 aromatic heterocycles. The average Bonchev–Trinajstić information content (AvgIpc) is 2.48. The molecule has 0 aliphatic heterocycles. The van der Waals surface area contributed by atoms with Crippen molar-refractivity contribution in [1.82, 2.24) is 0 Å². The number of anilines is 2. The van der Waals surface area contributed by atoms with Gasteiger partial charge < -0.3 is 0 Å². The van der Waals surface area contributed by atoms with Crippen molar-refractivity contribution in [2.75, 3.05) is 9.03 Å². The number of nitrogens with zero attached hydrogens (tertiary/aromatic N) is 1. The van der Waals surface area contributed by atoms with Crippen LogP contribution < -0.4 is 9.03 Å². The molecule has 2 aromatic rings. The molecule has 6 heteroatoms. The number of nitrogens with one attached hydrogen (secondary N) is 1. The number of benzene rings is 2. The zero-order valence-electron chi connectivity index (χ0n) is 11.6. The minimum Gasteiger partial charge on any atom is -0.273 e. The first-order valence-electron chi connectivity index (χ1n) is 6.50. The quantitative estimate of drug-likeness (QED) is 0.923. The van der Waals surface area contributed by atoms with Gasteiger partial charge >= 0.3 is 10.2 Å². The van der Waals surface area contributed by atoms with Crippen molar-refractivity contribution in [3.8, 4) is 0 Å². The lowest BCUT2D eigenvalue weighted by Crippen LogP contribution is -2.40. The van der Waals surface area contributed by atoms with Crippen molar-refractivity contribution in [2.24, 2.45) is 0 Å². The van der Waals surface area contributed by atoms with Crippen LogP contribution in [0.4, 0.5) is 11.4 Å². The van der Waals surface area contributed by atoms with Crippen molar-refractivity contribution in [3.63, 3.8) is 0 Å². The van der Waals surface area contributed by atoms with Gasteiger partial charge in [-0.25, -0.2) is 0 Å². The highest BCUT2D eigenvalue weighted by Crippen LogP contribution is 2.20. The third-order valence-electron chi connectivity index (χ3n) is 2.78. The Labute approximate surface area is 124 Å². The maximum Gasteiger partial charge on any atom is 0.330 e. The number of hydrogen-bond acceptors (Lipinski definition) is 3. The second-order valence-corrected chi connectivity index (χ2v) is 5.84. The molecule has 2 rings (SSSR count). The lowest BCUT2D eigenvalue weighted by molar-refractivity contribution is -0.117. The van der Waals surface area contributed by atoms with E-state index in [-0.39, 0.29) is 6.42 Å². The molecule has 0 saturated heterocycles. The highest BCUT2D eigenvalue weighted by molar-refractivity contribution is 7.94. The van der Waals surface area contributed by atoms with Crippen LogP contribution in [0.15, 0.2) is 60.7 Å². The zero-order valence-corrected chi connectivity index (χ0v) is 12.4. The number of carbonyl (C=O) groups is 1. The topological polar surface area (TPSA) is 66.5 Å². The first kappa shape index (κ1) is 15.1. The van der Waals surface area contributed by atoms with Crippen molar-refractivity contribution in [2.45, 2.75) is 13.3 Å². The van der Waals surface area contributed by atoms with Gasteiger partial charge in [0.05, 0.1) is 11.4 Å². The normalized spacial score (nSPS) is 10.9. The summed E-state index contributed by atoms with van der Waals surface area (Å²) in [5, 5.41) is 0. The van der Waals surface area contributed by atoms with E-state index < -0.39 is 16.1 Å². The van der Waals surface area contributed by atoms with Crippen LogP contribution in [0.2, 0.25) is 0 Å². The number of para-hydroxylation sites is 2. The van der Waals surface area contributed by atoms with E-state index in [0.29, 0.717) is 11.4 Å². The summed E-state index contributed by atoms with van der Waals surface area (Å²) >= 11 is 0. The largest absolute Gasteiger partial charge is 0.330 e. The molecule has 1 amide bonds. The molecule has 21 heavy (non-hydrogen) atoms. The highest BCUT2D eigenvalue weighted by atomic mass is 32.2. The number of amides is 1. The van der Waals surface area contributed by atoms with Crippen molar-refractivity contribution in [3.05, 3.63) is 60.7 Å². The van der Waals surface area contributed by atoms with Crippen LogP contribution in [-0.4, -0.2) is 14.3 Å². The van der Waals surface area contributed by atoms with Crippen LogP contribution in [-0.2, 0) is 15.0 Å². The standard InChI is InChI=1S/C15H16N2O3S/c1-2-15(18)17(14-11-7-4-8-12-14)21(19,20)16-13-9-5-3-6-10-13/h3-12,16H,2H2,1H3. The lowest BCUT2D eigenvalue weighted by Gasteiger charge is -2.22. The minimum atomic E-state index is -4.01. The smallest absolute Gasteiger partial charge is 0.273 e. The summed E-state index contributed by atoms with van der Waals surface area (Å²) in [6.07, 6.45) is 0.0879. The second kappa shape index (κ2) is 6.41. The van der Waals surface area contributed by atoms with E-state index >= 15 is 0 Å². The molecule has 1 N–H and O–H groups in total. The van der Waals surface area contributed by atoms with E-state index in [1.54, 1.807) is 67.6 Å². The summed E-state index contributed by atoms with van der Waals surface area (Å²) < 4.78 is 28.2. The Bertz CT molecular complexity index is 700. The van der Waals surface area contributed by atoms with Crippen molar-refractivity contribution < 1.29 is 13.2 Å².